The van der Waals surface area contributed by atoms with Crippen LogP contribution < -0.4 is 10.2 Å². The van der Waals surface area contributed by atoms with Gasteiger partial charge in [-0.3, -0.25) is 9.59 Å². The third-order valence-electron chi connectivity index (χ3n) is 4.71. The summed E-state index contributed by atoms with van der Waals surface area (Å²) in [5.41, 5.74) is 5.86. The molecule has 4 heteroatoms. The zero-order chi connectivity index (χ0) is 18.1. The average Bonchev–Trinajstić information content (AvgIpc) is 2.82. The highest BCUT2D eigenvalue weighted by Crippen LogP contribution is 2.31. The number of carbonyl (C=O) groups excluding carboxylic acids is 2. The SMILES string of the molecule is CCc1ccc(N[C@@H]2CC(=O)N(c3c(C)cc(C)cc3C)C2=O)cc1. The van der Waals surface area contributed by atoms with Crippen molar-refractivity contribution >= 4 is 23.2 Å². The van der Waals surface area contributed by atoms with Gasteiger partial charge < -0.3 is 5.32 Å². The van der Waals surface area contributed by atoms with Crippen LogP contribution in [-0.4, -0.2) is 17.9 Å². The molecule has 0 unspecified atom stereocenters. The van der Waals surface area contributed by atoms with Crippen LogP contribution in [0.1, 0.15) is 35.6 Å². The lowest BCUT2D eigenvalue weighted by atomic mass is 10.0. The Balaban J connectivity index is 1.85. The van der Waals surface area contributed by atoms with Crippen LogP contribution in [0.25, 0.3) is 0 Å². The second-order valence-corrected chi connectivity index (χ2v) is 6.77. The molecule has 2 amide bonds. The Bertz CT molecular complexity index is 801. The molecule has 0 aliphatic carbocycles. The first-order valence-electron chi connectivity index (χ1n) is 8.70. The fraction of sp³-hybridized carbons (Fsp3) is 0.333. The van der Waals surface area contributed by atoms with Gasteiger partial charge in [-0.25, -0.2) is 4.90 Å². The summed E-state index contributed by atoms with van der Waals surface area (Å²) in [5, 5.41) is 3.21. The van der Waals surface area contributed by atoms with Crippen LogP contribution in [0, 0.1) is 20.8 Å². The van der Waals surface area contributed by atoms with E-state index < -0.39 is 6.04 Å². The number of benzene rings is 2. The molecular weight excluding hydrogens is 312 g/mol. The molecular formula is C21H24N2O2. The van der Waals surface area contributed by atoms with Gasteiger partial charge in [0.25, 0.3) is 5.91 Å². The number of nitrogens with zero attached hydrogens (tertiary/aromatic N) is 1. The maximum absolute atomic E-state index is 12.9. The lowest BCUT2D eigenvalue weighted by Crippen LogP contribution is -2.35. The highest BCUT2D eigenvalue weighted by atomic mass is 16.2. The van der Waals surface area contributed by atoms with E-state index in [2.05, 4.69) is 12.2 Å². The molecule has 1 heterocycles. The zero-order valence-corrected chi connectivity index (χ0v) is 15.2. The predicted molar refractivity (Wildman–Crippen MR) is 101 cm³/mol. The molecule has 0 bridgehead atoms. The molecule has 1 aliphatic heterocycles. The predicted octanol–water partition coefficient (Wildman–Crippen LogP) is 3.92. The lowest BCUT2D eigenvalue weighted by molar-refractivity contribution is -0.121. The Kier molecular flexibility index (Phi) is 4.62. The Labute approximate surface area is 148 Å². The van der Waals surface area contributed by atoms with E-state index >= 15 is 0 Å². The van der Waals surface area contributed by atoms with Crippen molar-refractivity contribution < 1.29 is 9.59 Å². The molecule has 4 nitrogen and oxygen atoms in total. The van der Waals surface area contributed by atoms with Crippen molar-refractivity contribution in [2.24, 2.45) is 0 Å². The van der Waals surface area contributed by atoms with Crippen LogP contribution in [-0.2, 0) is 16.0 Å². The number of amides is 2. The number of hydrogen-bond donors (Lipinski definition) is 1. The largest absolute Gasteiger partial charge is 0.373 e. The van der Waals surface area contributed by atoms with Crippen LogP contribution >= 0.6 is 0 Å². The number of aryl methyl sites for hydroxylation is 4. The van der Waals surface area contributed by atoms with Gasteiger partial charge in [0.2, 0.25) is 5.91 Å². The van der Waals surface area contributed by atoms with Gasteiger partial charge in [0.15, 0.2) is 0 Å². The molecule has 3 rings (SSSR count). The maximum atomic E-state index is 12.9. The highest BCUT2D eigenvalue weighted by molar-refractivity contribution is 6.23. The third-order valence-corrected chi connectivity index (χ3v) is 4.71. The number of nitrogens with one attached hydrogen (secondary N) is 1. The van der Waals surface area contributed by atoms with Crippen molar-refractivity contribution in [2.45, 2.75) is 46.6 Å². The molecule has 2 aromatic carbocycles. The summed E-state index contributed by atoms with van der Waals surface area (Å²) in [6.07, 6.45) is 1.15. The van der Waals surface area contributed by atoms with Gasteiger partial charge in [0.05, 0.1) is 12.1 Å². The van der Waals surface area contributed by atoms with E-state index in [1.54, 1.807) is 0 Å². The Morgan fingerprint density at radius 2 is 1.64 bits per heavy atom. The summed E-state index contributed by atoms with van der Waals surface area (Å²) in [5.74, 6) is -0.331. The Morgan fingerprint density at radius 1 is 1.04 bits per heavy atom. The van der Waals surface area contributed by atoms with Crippen LogP contribution in [0.3, 0.4) is 0 Å². The second kappa shape index (κ2) is 6.71. The number of hydrogen-bond acceptors (Lipinski definition) is 3. The van der Waals surface area contributed by atoms with Gasteiger partial charge in [-0.15, -0.1) is 0 Å². The number of carbonyl (C=O) groups is 2. The third kappa shape index (κ3) is 3.29. The van der Waals surface area contributed by atoms with Crippen LogP contribution in [0.5, 0.6) is 0 Å². The second-order valence-electron chi connectivity index (χ2n) is 6.77. The molecule has 130 valence electrons. The van der Waals surface area contributed by atoms with Crippen molar-refractivity contribution in [3.8, 4) is 0 Å². The van der Waals surface area contributed by atoms with E-state index in [-0.39, 0.29) is 18.2 Å². The molecule has 0 saturated carbocycles. The minimum absolute atomic E-state index is 0.150. The zero-order valence-electron chi connectivity index (χ0n) is 15.2. The van der Waals surface area contributed by atoms with E-state index in [1.165, 1.54) is 10.5 Å². The van der Waals surface area contributed by atoms with Crippen molar-refractivity contribution in [2.75, 3.05) is 10.2 Å². The normalized spacial score (nSPS) is 17.3. The molecule has 2 aromatic rings. The summed E-state index contributed by atoms with van der Waals surface area (Å²) in [6.45, 7) is 8.01. The summed E-state index contributed by atoms with van der Waals surface area (Å²) in [6, 6.07) is 11.5. The fourth-order valence-electron chi connectivity index (χ4n) is 3.54. The van der Waals surface area contributed by atoms with Gasteiger partial charge in [0.1, 0.15) is 6.04 Å². The fourth-order valence-corrected chi connectivity index (χ4v) is 3.54. The Hall–Kier alpha value is -2.62. The van der Waals surface area contributed by atoms with Gasteiger partial charge in [0, 0.05) is 5.69 Å². The summed E-state index contributed by atoms with van der Waals surface area (Å²) < 4.78 is 0. The molecule has 1 N–H and O–H groups in total. The van der Waals surface area contributed by atoms with E-state index in [0.29, 0.717) is 0 Å². The maximum Gasteiger partial charge on any atom is 0.256 e. The molecule has 1 aliphatic rings. The average molecular weight is 336 g/mol. The van der Waals surface area contributed by atoms with Crippen LogP contribution in [0.15, 0.2) is 36.4 Å². The van der Waals surface area contributed by atoms with Gasteiger partial charge in [-0.1, -0.05) is 36.8 Å². The summed E-state index contributed by atoms with van der Waals surface area (Å²) in [4.78, 5) is 26.8. The van der Waals surface area contributed by atoms with Gasteiger partial charge in [-0.05, 0) is 56.0 Å². The van der Waals surface area contributed by atoms with Gasteiger partial charge in [-0.2, -0.15) is 0 Å². The first-order chi connectivity index (χ1) is 11.9. The molecule has 1 fully saturated rings. The van der Waals surface area contributed by atoms with Crippen molar-refractivity contribution in [1.29, 1.82) is 0 Å². The topological polar surface area (TPSA) is 49.4 Å². The number of imide groups is 1. The number of rotatable bonds is 4. The van der Waals surface area contributed by atoms with Crippen LogP contribution in [0.2, 0.25) is 0 Å². The van der Waals surface area contributed by atoms with Crippen molar-refractivity contribution in [1.82, 2.24) is 0 Å². The first kappa shape index (κ1) is 17.2. The molecule has 1 atom stereocenters. The monoisotopic (exact) mass is 336 g/mol. The highest BCUT2D eigenvalue weighted by Gasteiger charge is 2.40. The number of anilines is 2. The standard InChI is InChI=1S/C21H24N2O2/c1-5-16-6-8-17(9-7-16)22-18-12-19(24)23(21(18)25)20-14(3)10-13(2)11-15(20)4/h6-11,18,22H,5,12H2,1-4H3/t18-/m1/s1. The van der Waals surface area contributed by atoms with E-state index in [9.17, 15) is 9.59 Å². The van der Waals surface area contributed by atoms with E-state index in [1.807, 2.05) is 57.2 Å². The smallest absolute Gasteiger partial charge is 0.256 e. The van der Waals surface area contributed by atoms with Crippen molar-refractivity contribution in [3.05, 3.63) is 58.7 Å². The lowest BCUT2D eigenvalue weighted by Gasteiger charge is -2.21. The van der Waals surface area contributed by atoms with Gasteiger partial charge >= 0.3 is 0 Å². The summed E-state index contributed by atoms with van der Waals surface area (Å²) in [7, 11) is 0. The molecule has 0 spiro atoms. The van der Waals surface area contributed by atoms with Crippen molar-refractivity contribution in [3.63, 3.8) is 0 Å². The van der Waals surface area contributed by atoms with Crippen LogP contribution in [0.4, 0.5) is 11.4 Å². The molecule has 1 saturated heterocycles. The molecule has 25 heavy (non-hydrogen) atoms. The van der Waals surface area contributed by atoms with E-state index in [4.69, 9.17) is 0 Å². The molecule has 0 radical (unpaired) electrons. The minimum Gasteiger partial charge on any atom is -0.373 e. The summed E-state index contributed by atoms with van der Waals surface area (Å²) >= 11 is 0. The molecule has 0 aromatic heterocycles. The minimum atomic E-state index is -0.514. The first-order valence-corrected chi connectivity index (χ1v) is 8.70. The Morgan fingerprint density at radius 3 is 2.20 bits per heavy atom. The van der Waals surface area contributed by atoms with E-state index in [0.717, 1.165) is 34.5 Å². The quantitative estimate of drug-likeness (QED) is 0.861.